The monoisotopic (exact) mass is 596 g/mol. The van der Waals surface area contributed by atoms with E-state index in [4.69, 9.17) is 44.0 Å². The summed E-state index contributed by atoms with van der Waals surface area (Å²) < 4.78 is 0. The molecule has 0 heterocycles. The van der Waals surface area contributed by atoms with Gasteiger partial charge in [-0.1, -0.05) is 118 Å². The van der Waals surface area contributed by atoms with Gasteiger partial charge in [0.25, 0.3) is 0 Å². The third-order valence-corrected chi connectivity index (χ3v) is 6.36. The minimum absolute atomic E-state index is 0.00810. The Kier molecular flexibility index (Phi) is 25.5. The topological polar surface area (TPSA) is 208 Å². The van der Waals surface area contributed by atoms with Crippen LogP contribution in [0.2, 0.25) is 0 Å². The Morgan fingerprint density at radius 3 is 0.927 bits per heavy atom. The third-order valence-electron chi connectivity index (χ3n) is 6.36. The molecule has 0 rings (SSSR count). The first kappa shape index (κ1) is 49.8. The number of carbonyl (C=O) groups is 1. The maximum Gasteiger partial charge on any atom is 0.321 e. The highest BCUT2D eigenvalue weighted by Crippen LogP contribution is 2.22. The van der Waals surface area contributed by atoms with Gasteiger partial charge in [0, 0.05) is 18.1 Å². The molecular weight excluding hydrogens is 518 g/mol. The van der Waals surface area contributed by atoms with E-state index in [9.17, 15) is 4.79 Å². The number of aliphatic hydroxyl groups is 2. The van der Waals surface area contributed by atoms with Crippen LogP contribution in [0.1, 0.15) is 125 Å². The van der Waals surface area contributed by atoms with Crippen molar-refractivity contribution in [1.29, 1.82) is 0 Å². The van der Waals surface area contributed by atoms with Crippen LogP contribution in [-0.2, 0) is 4.79 Å². The standard InChI is InChI=1S/C8H19N.C7H17NO.C6H13NO2.C6H15NO.C5H13N/c1-6(2)7(9)8(3,4)5;1-5(9)6(8)7(2,3)4;1-6(2,3)4(7)5(8)9;1-6(2,3)5(7)4-8;1-5(2,3)4-6/h6-7H,9H2,1-5H3;5-6,9H,8H2,1-4H3;4H,7H2,1-3H3,(H,8,9);5,8H,4,7H2,1-3H3;4,6H2,1-3H3/t7-;5?,6-;4-;5-;/m0000./s1. The van der Waals surface area contributed by atoms with E-state index in [-0.39, 0.29) is 40.4 Å². The van der Waals surface area contributed by atoms with Crippen molar-refractivity contribution in [3.8, 4) is 0 Å². The van der Waals surface area contributed by atoms with Gasteiger partial charge in [-0.05, 0) is 46.5 Å². The van der Waals surface area contributed by atoms with Gasteiger partial charge in [0.15, 0.2) is 0 Å². The van der Waals surface area contributed by atoms with E-state index < -0.39 is 18.1 Å². The van der Waals surface area contributed by atoms with E-state index in [0.717, 1.165) is 6.54 Å². The molecule has 0 bridgehead atoms. The van der Waals surface area contributed by atoms with Crippen LogP contribution in [0.15, 0.2) is 0 Å². The molecule has 41 heavy (non-hydrogen) atoms. The van der Waals surface area contributed by atoms with Crippen LogP contribution in [0.25, 0.3) is 0 Å². The summed E-state index contributed by atoms with van der Waals surface area (Å²) in [5.74, 6) is -0.354. The Bertz CT molecular complexity index is 611. The molecule has 0 saturated heterocycles. The Morgan fingerprint density at radius 1 is 0.634 bits per heavy atom. The van der Waals surface area contributed by atoms with Crippen LogP contribution in [0.4, 0.5) is 0 Å². The highest BCUT2D eigenvalue weighted by atomic mass is 16.4. The Balaban J connectivity index is -0.000000133. The van der Waals surface area contributed by atoms with Gasteiger partial charge in [-0.15, -0.1) is 0 Å². The molecule has 0 aliphatic carbocycles. The van der Waals surface area contributed by atoms with E-state index in [2.05, 4.69) is 55.4 Å². The molecule has 0 amide bonds. The molecule has 254 valence electrons. The maximum absolute atomic E-state index is 10.2. The number of carboxylic acids is 1. The largest absolute Gasteiger partial charge is 0.480 e. The van der Waals surface area contributed by atoms with Crippen molar-refractivity contribution in [2.75, 3.05) is 13.2 Å². The van der Waals surface area contributed by atoms with Crippen molar-refractivity contribution in [3.63, 3.8) is 0 Å². The molecule has 0 aromatic rings. The number of hydrogen-bond donors (Lipinski definition) is 8. The number of carboxylic acid groups (broad SMARTS) is 1. The van der Waals surface area contributed by atoms with Gasteiger partial charge in [-0.25, -0.2) is 0 Å². The molecule has 0 saturated carbocycles. The predicted molar refractivity (Wildman–Crippen MR) is 179 cm³/mol. The van der Waals surface area contributed by atoms with Gasteiger partial charge >= 0.3 is 5.97 Å². The van der Waals surface area contributed by atoms with Gasteiger partial charge in [0.2, 0.25) is 0 Å². The Labute approximate surface area is 255 Å². The fourth-order valence-corrected chi connectivity index (χ4v) is 2.37. The number of hydrogen-bond acceptors (Lipinski definition) is 8. The van der Waals surface area contributed by atoms with Gasteiger partial charge in [-0.3, -0.25) is 4.79 Å². The van der Waals surface area contributed by atoms with E-state index >= 15 is 0 Å². The minimum Gasteiger partial charge on any atom is -0.480 e. The minimum atomic E-state index is -0.942. The van der Waals surface area contributed by atoms with E-state index in [1.807, 2.05) is 41.5 Å². The summed E-state index contributed by atoms with van der Waals surface area (Å²) in [4.78, 5) is 10.2. The molecule has 9 nitrogen and oxygen atoms in total. The highest BCUT2D eigenvalue weighted by molar-refractivity contribution is 5.74. The fraction of sp³-hybridized carbons (Fsp3) is 0.969. The van der Waals surface area contributed by atoms with Crippen molar-refractivity contribution in [1.82, 2.24) is 0 Å². The number of aliphatic hydroxyl groups excluding tert-OH is 2. The lowest BCUT2D eigenvalue weighted by Crippen LogP contribution is -2.43. The molecule has 0 aliphatic rings. The summed E-state index contributed by atoms with van der Waals surface area (Å²) in [5, 5.41) is 26.0. The van der Waals surface area contributed by atoms with Gasteiger partial charge in [-0.2, -0.15) is 0 Å². The first-order valence-corrected chi connectivity index (χ1v) is 14.8. The maximum atomic E-state index is 10.2. The van der Waals surface area contributed by atoms with Gasteiger partial charge in [0.05, 0.1) is 12.7 Å². The molecule has 0 radical (unpaired) electrons. The molecule has 0 aromatic carbocycles. The van der Waals surface area contributed by atoms with Crippen LogP contribution < -0.4 is 28.7 Å². The lowest BCUT2D eigenvalue weighted by atomic mass is 9.81. The van der Waals surface area contributed by atoms with Crippen LogP contribution in [0.3, 0.4) is 0 Å². The Morgan fingerprint density at radius 2 is 0.927 bits per heavy atom. The van der Waals surface area contributed by atoms with E-state index in [1.165, 1.54) is 0 Å². The van der Waals surface area contributed by atoms with E-state index in [0.29, 0.717) is 17.4 Å². The zero-order valence-electron chi connectivity index (χ0n) is 30.5. The molecule has 0 spiro atoms. The lowest BCUT2D eigenvalue weighted by Gasteiger charge is -2.30. The van der Waals surface area contributed by atoms with Crippen LogP contribution in [0, 0.1) is 33.0 Å². The van der Waals surface area contributed by atoms with E-state index in [1.54, 1.807) is 27.7 Å². The van der Waals surface area contributed by atoms with Crippen molar-refractivity contribution in [2.24, 2.45) is 61.7 Å². The summed E-state index contributed by atoms with van der Waals surface area (Å²) in [6.45, 7) is 37.2. The summed E-state index contributed by atoms with van der Waals surface area (Å²) in [6.07, 6.45) is -0.412. The molecule has 0 aliphatic heterocycles. The summed E-state index contributed by atoms with van der Waals surface area (Å²) in [7, 11) is 0. The predicted octanol–water partition coefficient (Wildman–Crippen LogP) is 4.54. The SMILES string of the molecule is CC(C)(C)CN.CC(C)(C)[C@@H](N)C(=O)O.CC(C)(C)[C@@H](N)CO.CC(C)[C@H](N)C(C)(C)C.CC(O)[C@H](N)C(C)(C)C. The third kappa shape index (κ3) is 33.6. The average Bonchev–Trinajstić information content (AvgIpc) is 2.75. The van der Waals surface area contributed by atoms with Crippen molar-refractivity contribution in [2.45, 2.75) is 155 Å². The number of aliphatic carboxylic acids is 1. The molecule has 9 heteroatoms. The molecular formula is C32H77N5O4. The second-order valence-corrected chi connectivity index (χ2v) is 16.9. The molecule has 0 fully saturated rings. The normalized spacial score (nSPS) is 16.0. The van der Waals surface area contributed by atoms with Crippen LogP contribution in [-0.4, -0.2) is 64.7 Å². The molecule has 0 aromatic heterocycles. The first-order chi connectivity index (χ1) is 17.6. The second kappa shape index (κ2) is 21.0. The van der Waals surface area contributed by atoms with Gasteiger partial charge < -0.3 is 44.0 Å². The molecule has 13 N–H and O–H groups in total. The fourth-order valence-electron chi connectivity index (χ4n) is 2.37. The Hall–Kier alpha value is -0.810. The number of nitrogens with two attached hydrogens (primary N) is 5. The van der Waals surface area contributed by atoms with Crippen LogP contribution >= 0.6 is 0 Å². The van der Waals surface area contributed by atoms with Crippen molar-refractivity contribution >= 4 is 5.97 Å². The quantitative estimate of drug-likeness (QED) is 0.229. The van der Waals surface area contributed by atoms with Crippen molar-refractivity contribution < 1.29 is 20.1 Å². The molecule has 5 atom stereocenters. The summed E-state index contributed by atoms with van der Waals surface area (Å²) >= 11 is 0. The van der Waals surface area contributed by atoms with Gasteiger partial charge in [0.1, 0.15) is 6.04 Å². The highest BCUT2D eigenvalue weighted by Gasteiger charge is 2.27. The zero-order valence-corrected chi connectivity index (χ0v) is 30.5. The second-order valence-electron chi connectivity index (χ2n) is 16.9. The average molecular weight is 596 g/mol. The van der Waals surface area contributed by atoms with Crippen molar-refractivity contribution in [3.05, 3.63) is 0 Å². The lowest BCUT2D eigenvalue weighted by molar-refractivity contribution is -0.141. The number of rotatable bonds is 4. The van der Waals surface area contributed by atoms with Crippen LogP contribution in [0.5, 0.6) is 0 Å². The summed E-state index contributed by atoms with van der Waals surface area (Å²) in [5.41, 5.74) is 27.9. The summed E-state index contributed by atoms with van der Waals surface area (Å²) in [6, 6.07) is -0.671. The first-order valence-electron chi connectivity index (χ1n) is 14.8. The molecule has 1 unspecified atom stereocenters. The smallest absolute Gasteiger partial charge is 0.321 e. The zero-order chi connectivity index (χ0) is 35.0.